The number of hydrogen-bond acceptors (Lipinski definition) is 2. The van der Waals surface area contributed by atoms with E-state index < -0.39 is 0 Å². The summed E-state index contributed by atoms with van der Waals surface area (Å²) in [6.07, 6.45) is 0.293. The molecular formula is C19H22N2O2. The standard InChI is InChI=1S/C19H22N2O2/c1-14-6-8-17(9-7-14)18(22)10-11-20-19(23)21-13-16-5-3-4-15(2)12-16/h3-9,12H,10-11,13H2,1-2H3,(H2,20,21,23). The van der Waals surface area contributed by atoms with Gasteiger partial charge < -0.3 is 10.6 Å². The summed E-state index contributed by atoms with van der Waals surface area (Å²) >= 11 is 0. The Morgan fingerprint density at radius 2 is 1.65 bits per heavy atom. The minimum atomic E-state index is -0.261. The number of carbonyl (C=O) groups is 2. The summed E-state index contributed by atoms with van der Waals surface area (Å²) < 4.78 is 0. The SMILES string of the molecule is Cc1ccc(C(=O)CCNC(=O)NCc2cccc(C)c2)cc1. The Bertz CT molecular complexity index is 678. The van der Waals surface area contributed by atoms with Crippen LogP contribution in [0.5, 0.6) is 0 Å². The van der Waals surface area contributed by atoms with E-state index in [9.17, 15) is 9.59 Å². The average molecular weight is 310 g/mol. The zero-order chi connectivity index (χ0) is 16.7. The Balaban J connectivity index is 1.70. The number of aryl methyl sites for hydroxylation is 2. The molecule has 0 aromatic heterocycles. The molecule has 2 aromatic rings. The molecule has 0 radical (unpaired) electrons. The Kier molecular flexibility index (Phi) is 5.92. The highest BCUT2D eigenvalue weighted by molar-refractivity contribution is 5.96. The molecule has 4 heteroatoms. The maximum Gasteiger partial charge on any atom is 0.315 e. The van der Waals surface area contributed by atoms with Crippen molar-refractivity contribution in [2.45, 2.75) is 26.8 Å². The summed E-state index contributed by atoms with van der Waals surface area (Å²) in [5.41, 5.74) is 4.01. The van der Waals surface area contributed by atoms with Crippen LogP contribution in [-0.4, -0.2) is 18.4 Å². The van der Waals surface area contributed by atoms with Gasteiger partial charge in [-0.2, -0.15) is 0 Å². The molecule has 23 heavy (non-hydrogen) atoms. The topological polar surface area (TPSA) is 58.2 Å². The monoisotopic (exact) mass is 310 g/mol. The second-order valence-electron chi connectivity index (χ2n) is 5.64. The summed E-state index contributed by atoms with van der Waals surface area (Å²) in [7, 11) is 0. The number of benzene rings is 2. The van der Waals surface area contributed by atoms with Gasteiger partial charge in [-0.25, -0.2) is 4.79 Å². The molecule has 0 fully saturated rings. The predicted molar refractivity (Wildman–Crippen MR) is 91.5 cm³/mol. The minimum Gasteiger partial charge on any atom is -0.338 e. The molecule has 4 nitrogen and oxygen atoms in total. The smallest absolute Gasteiger partial charge is 0.315 e. The van der Waals surface area contributed by atoms with Gasteiger partial charge in [0.25, 0.3) is 0 Å². The van der Waals surface area contributed by atoms with Crippen molar-refractivity contribution in [3.63, 3.8) is 0 Å². The van der Waals surface area contributed by atoms with Crippen LogP contribution in [0.25, 0.3) is 0 Å². The van der Waals surface area contributed by atoms with Crippen molar-refractivity contribution in [2.24, 2.45) is 0 Å². The lowest BCUT2D eigenvalue weighted by molar-refractivity contribution is 0.0983. The summed E-state index contributed by atoms with van der Waals surface area (Å²) in [6, 6.07) is 15.2. The van der Waals surface area contributed by atoms with Crippen LogP contribution in [0, 0.1) is 13.8 Å². The molecule has 2 N–H and O–H groups in total. The van der Waals surface area contributed by atoms with E-state index in [4.69, 9.17) is 0 Å². The third-order valence-electron chi connectivity index (χ3n) is 3.55. The molecule has 0 aliphatic carbocycles. The van der Waals surface area contributed by atoms with Crippen molar-refractivity contribution in [3.05, 3.63) is 70.8 Å². The molecule has 0 saturated carbocycles. The van der Waals surface area contributed by atoms with E-state index in [1.807, 2.05) is 62.4 Å². The van der Waals surface area contributed by atoms with Crippen molar-refractivity contribution in [1.29, 1.82) is 0 Å². The van der Waals surface area contributed by atoms with Crippen LogP contribution in [0.1, 0.15) is 33.5 Å². The summed E-state index contributed by atoms with van der Waals surface area (Å²) in [5.74, 6) is 0.0315. The quantitative estimate of drug-likeness (QED) is 0.804. The fraction of sp³-hybridized carbons (Fsp3) is 0.263. The van der Waals surface area contributed by atoms with Crippen LogP contribution < -0.4 is 10.6 Å². The van der Waals surface area contributed by atoms with Crippen LogP contribution in [-0.2, 0) is 6.54 Å². The summed E-state index contributed by atoms with van der Waals surface area (Å²) in [6.45, 7) is 4.79. The molecule has 0 unspecified atom stereocenters. The molecule has 0 spiro atoms. The van der Waals surface area contributed by atoms with Gasteiger partial charge in [0, 0.05) is 25.1 Å². The molecule has 0 aliphatic rings. The van der Waals surface area contributed by atoms with E-state index in [0.29, 0.717) is 25.1 Å². The first-order chi connectivity index (χ1) is 11.0. The van der Waals surface area contributed by atoms with Crippen LogP contribution in [0.15, 0.2) is 48.5 Å². The number of nitrogens with one attached hydrogen (secondary N) is 2. The third-order valence-corrected chi connectivity index (χ3v) is 3.55. The van der Waals surface area contributed by atoms with Gasteiger partial charge in [0.1, 0.15) is 0 Å². The normalized spacial score (nSPS) is 10.2. The molecule has 2 rings (SSSR count). The summed E-state index contributed by atoms with van der Waals surface area (Å²) in [5, 5.41) is 5.49. The van der Waals surface area contributed by atoms with Crippen LogP contribution in [0.4, 0.5) is 4.79 Å². The van der Waals surface area contributed by atoms with Gasteiger partial charge in [-0.15, -0.1) is 0 Å². The van der Waals surface area contributed by atoms with Crippen LogP contribution in [0.2, 0.25) is 0 Å². The van der Waals surface area contributed by atoms with Crippen LogP contribution >= 0.6 is 0 Å². The Morgan fingerprint density at radius 3 is 2.35 bits per heavy atom. The molecule has 0 bridgehead atoms. The zero-order valence-electron chi connectivity index (χ0n) is 13.6. The number of carbonyl (C=O) groups excluding carboxylic acids is 2. The maximum absolute atomic E-state index is 12.0. The van der Waals surface area contributed by atoms with Gasteiger partial charge in [0.15, 0.2) is 5.78 Å². The molecule has 2 amide bonds. The van der Waals surface area contributed by atoms with Crippen molar-refractivity contribution in [1.82, 2.24) is 10.6 Å². The lowest BCUT2D eigenvalue weighted by Crippen LogP contribution is -2.36. The van der Waals surface area contributed by atoms with Crippen molar-refractivity contribution in [3.8, 4) is 0 Å². The summed E-state index contributed by atoms with van der Waals surface area (Å²) in [4.78, 5) is 23.7. The molecule has 0 atom stereocenters. The number of amides is 2. The zero-order valence-corrected chi connectivity index (χ0v) is 13.6. The Labute approximate surface area is 136 Å². The van der Waals surface area contributed by atoms with E-state index in [0.717, 1.165) is 16.7 Å². The highest BCUT2D eigenvalue weighted by Crippen LogP contribution is 2.06. The van der Waals surface area contributed by atoms with E-state index in [-0.39, 0.29) is 11.8 Å². The van der Waals surface area contributed by atoms with Gasteiger partial charge in [-0.3, -0.25) is 4.79 Å². The van der Waals surface area contributed by atoms with Gasteiger partial charge in [0.05, 0.1) is 0 Å². The van der Waals surface area contributed by atoms with Gasteiger partial charge in [-0.1, -0.05) is 59.7 Å². The highest BCUT2D eigenvalue weighted by atomic mass is 16.2. The molecular weight excluding hydrogens is 288 g/mol. The predicted octanol–water partition coefficient (Wildman–Crippen LogP) is 3.38. The van der Waals surface area contributed by atoms with Gasteiger partial charge in [0.2, 0.25) is 0 Å². The molecule has 120 valence electrons. The Morgan fingerprint density at radius 1 is 0.913 bits per heavy atom. The fourth-order valence-electron chi connectivity index (χ4n) is 2.24. The first kappa shape index (κ1) is 16.7. The Hall–Kier alpha value is -2.62. The van der Waals surface area contributed by atoms with Crippen LogP contribution in [0.3, 0.4) is 0 Å². The van der Waals surface area contributed by atoms with E-state index in [1.54, 1.807) is 0 Å². The lowest BCUT2D eigenvalue weighted by Gasteiger charge is -2.08. The first-order valence-electron chi connectivity index (χ1n) is 7.72. The molecule has 2 aromatic carbocycles. The second kappa shape index (κ2) is 8.13. The minimum absolute atomic E-state index is 0.0315. The van der Waals surface area contributed by atoms with Gasteiger partial charge >= 0.3 is 6.03 Å². The van der Waals surface area contributed by atoms with Gasteiger partial charge in [-0.05, 0) is 19.4 Å². The third kappa shape index (κ3) is 5.58. The molecule has 0 saturated heterocycles. The fourth-order valence-corrected chi connectivity index (χ4v) is 2.24. The highest BCUT2D eigenvalue weighted by Gasteiger charge is 2.06. The van der Waals surface area contributed by atoms with Crippen molar-refractivity contribution in [2.75, 3.05) is 6.54 Å². The molecule has 0 heterocycles. The number of Topliss-reactive ketones (excluding diaryl/α,β-unsaturated/α-hetero) is 1. The van der Waals surface area contributed by atoms with Crippen molar-refractivity contribution >= 4 is 11.8 Å². The number of hydrogen-bond donors (Lipinski definition) is 2. The maximum atomic E-state index is 12.0. The molecule has 0 aliphatic heterocycles. The first-order valence-corrected chi connectivity index (χ1v) is 7.72. The second-order valence-corrected chi connectivity index (χ2v) is 5.64. The van der Waals surface area contributed by atoms with Crippen molar-refractivity contribution < 1.29 is 9.59 Å². The largest absolute Gasteiger partial charge is 0.338 e. The number of rotatable bonds is 6. The lowest BCUT2D eigenvalue weighted by atomic mass is 10.1. The number of ketones is 1. The average Bonchev–Trinajstić information content (AvgIpc) is 2.53. The van der Waals surface area contributed by atoms with E-state index in [1.165, 1.54) is 0 Å². The van der Waals surface area contributed by atoms with E-state index >= 15 is 0 Å². The number of urea groups is 1. The van der Waals surface area contributed by atoms with E-state index in [2.05, 4.69) is 10.6 Å².